The number of likely N-dealkylation sites (N-methyl/N-ethyl adjacent to an activating group) is 1. The molecule has 0 spiro atoms. The van der Waals surface area contributed by atoms with E-state index in [1.165, 1.54) is 0 Å². The predicted molar refractivity (Wildman–Crippen MR) is 78.2 cm³/mol. The Hall–Kier alpha value is -1.30. The molecule has 0 aromatic heterocycles. The molecule has 6 nitrogen and oxygen atoms in total. The van der Waals surface area contributed by atoms with Crippen molar-refractivity contribution >= 4 is 12.0 Å². The molecule has 2 fully saturated rings. The van der Waals surface area contributed by atoms with Crippen LogP contribution in [0.1, 0.15) is 46.0 Å². The molecule has 0 saturated carbocycles. The van der Waals surface area contributed by atoms with E-state index < -0.39 is 11.5 Å². The van der Waals surface area contributed by atoms with Crippen molar-refractivity contribution in [3.05, 3.63) is 0 Å². The maximum Gasteiger partial charge on any atom is 0.329 e. The topological polar surface area (TPSA) is 70.1 Å². The number of hydrogen-bond donors (Lipinski definition) is 1. The highest BCUT2D eigenvalue weighted by Gasteiger charge is 2.50. The SMILES string of the molecule is CCCC1(C(=O)O)CCCN1C(=O)N(C)C1CCOC1C. The Morgan fingerprint density at radius 2 is 2.19 bits per heavy atom. The number of hydrogen-bond acceptors (Lipinski definition) is 3. The minimum absolute atomic E-state index is 0.00644. The first-order chi connectivity index (χ1) is 9.94. The molecule has 2 rings (SSSR count). The molecular formula is C15H26N2O4. The van der Waals surface area contributed by atoms with Gasteiger partial charge in [-0.2, -0.15) is 0 Å². The summed E-state index contributed by atoms with van der Waals surface area (Å²) in [5.41, 5.74) is -1.03. The Balaban J connectivity index is 2.18. The molecular weight excluding hydrogens is 272 g/mol. The van der Waals surface area contributed by atoms with E-state index in [0.717, 1.165) is 19.3 Å². The van der Waals surface area contributed by atoms with Gasteiger partial charge >= 0.3 is 12.0 Å². The molecule has 0 aliphatic carbocycles. The number of ether oxygens (including phenoxy) is 1. The van der Waals surface area contributed by atoms with Crippen LogP contribution in [0.5, 0.6) is 0 Å². The molecule has 3 unspecified atom stereocenters. The van der Waals surface area contributed by atoms with E-state index in [1.54, 1.807) is 16.8 Å². The van der Waals surface area contributed by atoms with Gasteiger partial charge in [0.15, 0.2) is 0 Å². The maximum absolute atomic E-state index is 12.8. The summed E-state index contributed by atoms with van der Waals surface area (Å²) in [5, 5.41) is 9.68. The van der Waals surface area contributed by atoms with Crippen molar-refractivity contribution in [1.82, 2.24) is 9.80 Å². The Bertz CT molecular complexity index is 414. The highest BCUT2D eigenvalue weighted by atomic mass is 16.5. The second kappa shape index (κ2) is 6.22. The number of likely N-dealkylation sites (tertiary alicyclic amines) is 1. The zero-order valence-electron chi connectivity index (χ0n) is 13.2. The van der Waals surface area contributed by atoms with Crippen LogP contribution in [0.15, 0.2) is 0 Å². The highest BCUT2D eigenvalue weighted by Crippen LogP contribution is 2.35. The molecule has 2 saturated heterocycles. The van der Waals surface area contributed by atoms with Gasteiger partial charge in [0, 0.05) is 20.2 Å². The molecule has 2 aliphatic rings. The van der Waals surface area contributed by atoms with Crippen molar-refractivity contribution in [1.29, 1.82) is 0 Å². The number of urea groups is 1. The first-order valence-corrected chi connectivity index (χ1v) is 7.83. The summed E-state index contributed by atoms with van der Waals surface area (Å²) in [4.78, 5) is 27.9. The summed E-state index contributed by atoms with van der Waals surface area (Å²) < 4.78 is 5.52. The van der Waals surface area contributed by atoms with Gasteiger partial charge in [0.2, 0.25) is 0 Å². The fourth-order valence-corrected chi connectivity index (χ4v) is 3.72. The normalized spacial score (nSPS) is 32.4. The Morgan fingerprint density at radius 1 is 1.48 bits per heavy atom. The van der Waals surface area contributed by atoms with Crippen LogP contribution in [0.3, 0.4) is 0 Å². The van der Waals surface area contributed by atoms with Crippen LogP contribution in [0.25, 0.3) is 0 Å². The van der Waals surface area contributed by atoms with Crippen molar-refractivity contribution in [3.63, 3.8) is 0 Å². The number of carbonyl (C=O) groups is 2. The van der Waals surface area contributed by atoms with Gasteiger partial charge in [0.05, 0.1) is 12.1 Å². The lowest BCUT2D eigenvalue weighted by molar-refractivity contribution is -0.149. The van der Waals surface area contributed by atoms with Gasteiger partial charge in [0.25, 0.3) is 0 Å². The minimum Gasteiger partial charge on any atom is -0.479 e. The number of aliphatic carboxylic acids is 1. The van der Waals surface area contributed by atoms with Crippen molar-refractivity contribution in [2.45, 2.75) is 63.6 Å². The number of carbonyl (C=O) groups excluding carboxylic acids is 1. The van der Waals surface area contributed by atoms with E-state index in [0.29, 0.717) is 26.0 Å². The molecule has 3 atom stereocenters. The van der Waals surface area contributed by atoms with E-state index in [1.807, 2.05) is 13.8 Å². The van der Waals surface area contributed by atoms with Crippen molar-refractivity contribution in [2.75, 3.05) is 20.2 Å². The average Bonchev–Trinajstić information content (AvgIpc) is 3.04. The number of carboxylic acids is 1. The Kier molecular flexibility index (Phi) is 4.76. The van der Waals surface area contributed by atoms with Gasteiger partial charge in [-0.3, -0.25) is 0 Å². The van der Waals surface area contributed by atoms with Gasteiger partial charge in [0.1, 0.15) is 5.54 Å². The third-order valence-electron chi connectivity index (χ3n) is 4.92. The van der Waals surface area contributed by atoms with E-state index in [4.69, 9.17) is 4.74 Å². The predicted octanol–water partition coefficient (Wildman–Crippen LogP) is 1.93. The molecule has 1 N–H and O–H groups in total. The van der Waals surface area contributed by atoms with Crippen LogP contribution in [0, 0.1) is 0 Å². The highest BCUT2D eigenvalue weighted by molar-refractivity contribution is 5.87. The van der Waals surface area contributed by atoms with Gasteiger partial charge in [-0.25, -0.2) is 9.59 Å². The summed E-state index contributed by atoms with van der Waals surface area (Å²) in [5.74, 6) is -0.876. The van der Waals surface area contributed by atoms with Crippen LogP contribution in [0.4, 0.5) is 4.79 Å². The third kappa shape index (κ3) is 2.73. The monoisotopic (exact) mass is 298 g/mol. The van der Waals surface area contributed by atoms with Crippen LogP contribution in [-0.4, -0.2) is 64.8 Å². The average molecular weight is 298 g/mol. The van der Waals surface area contributed by atoms with Gasteiger partial charge < -0.3 is 19.6 Å². The minimum atomic E-state index is -1.03. The molecule has 2 heterocycles. The first-order valence-electron chi connectivity index (χ1n) is 7.83. The number of amides is 2. The summed E-state index contributed by atoms with van der Waals surface area (Å²) in [6.07, 6.45) is 3.38. The quantitative estimate of drug-likeness (QED) is 0.861. The smallest absolute Gasteiger partial charge is 0.329 e. The second-order valence-electron chi connectivity index (χ2n) is 6.17. The summed E-state index contributed by atoms with van der Waals surface area (Å²) in [6, 6.07) is -0.142. The standard InChI is InChI=1S/C15H26N2O4/c1-4-7-15(13(18)19)8-5-9-17(15)14(20)16(3)12-6-10-21-11(12)2/h11-12H,4-10H2,1-3H3,(H,18,19). The van der Waals surface area contributed by atoms with Crippen LogP contribution >= 0.6 is 0 Å². The largest absolute Gasteiger partial charge is 0.479 e. The molecule has 6 heteroatoms. The maximum atomic E-state index is 12.8. The van der Waals surface area contributed by atoms with Crippen LogP contribution < -0.4 is 0 Å². The zero-order chi connectivity index (χ0) is 15.6. The molecule has 0 bridgehead atoms. The van der Waals surface area contributed by atoms with E-state index in [9.17, 15) is 14.7 Å². The Morgan fingerprint density at radius 3 is 2.71 bits per heavy atom. The molecule has 120 valence electrons. The first kappa shape index (κ1) is 16.1. The number of nitrogens with zero attached hydrogens (tertiary/aromatic N) is 2. The van der Waals surface area contributed by atoms with E-state index in [2.05, 4.69) is 0 Å². The summed E-state index contributed by atoms with van der Waals surface area (Å²) in [7, 11) is 1.76. The van der Waals surface area contributed by atoms with Crippen molar-refractivity contribution < 1.29 is 19.4 Å². The Labute approximate surface area is 126 Å². The lowest BCUT2D eigenvalue weighted by Gasteiger charge is -2.39. The molecule has 0 aromatic rings. The summed E-state index contributed by atoms with van der Waals surface area (Å²) in [6.45, 7) is 5.10. The molecule has 0 radical (unpaired) electrons. The third-order valence-corrected chi connectivity index (χ3v) is 4.92. The van der Waals surface area contributed by atoms with Gasteiger partial charge in [-0.05, 0) is 32.6 Å². The second-order valence-corrected chi connectivity index (χ2v) is 6.17. The molecule has 21 heavy (non-hydrogen) atoms. The van der Waals surface area contributed by atoms with Crippen molar-refractivity contribution in [2.24, 2.45) is 0 Å². The number of rotatable bonds is 4. The van der Waals surface area contributed by atoms with Gasteiger partial charge in [-0.15, -0.1) is 0 Å². The zero-order valence-corrected chi connectivity index (χ0v) is 13.2. The van der Waals surface area contributed by atoms with Crippen LogP contribution in [-0.2, 0) is 9.53 Å². The van der Waals surface area contributed by atoms with E-state index >= 15 is 0 Å². The van der Waals surface area contributed by atoms with E-state index in [-0.39, 0.29) is 18.2 Å². The fourth-order valence-electron chi connectivity index (χ4n) is 3.72. The van der Waals surface area contributed by atoms with Crippen molar-refractivity contribution in [3.8, 4) is 0 Å². The summed E-state index contributed by atoms with van der Waals surface area (Å²) >= 11 is 0. The number of carboxylic acid groups (broad SMARTS) is 1. The van der Waals surface area contributed by atoms with Crippen LogP contribution in [0.2, 0.25) is 0 Å². The lowest BCUT2D eigenvalue weighted by Crippen LogP contribution is -2.58. The molecule has 2 aliphatic heterocycles. The van der Waals surface area contributed by atoms with Gasteiger partial charge in [-0.1, -0.05) is 13.3 Å². The molecule has 2 amide bonds. The molecule has 0 aromatic carbocycles. The fraction of sp³-hybridized carbons (Fsp3) is 0.867. The lowest BCUT2D eigenvalue weighted by atomic mass is 9.91.